The van der Waals surface area contributed by atoms with Crippen LogP contribution >= 0.6 is 11.8 Å². The number of thioether (sulfide) groups is 1. The van der Waals surface area contributed by atoms with Gasteiger partial charge in [0.2, 0.25) is 0 Å². The molecule has 1 heterocycles. The Kier molecular flexibility index (Phi) is 8.12. The molecule has 0 radical (unpaired) electrons. The van der Waals surface area contributed by atoms with Gasteiger partial charge in [-0.2, -0.15) is 0 Å². The Morgan fingerprint density at radius 2 is 1.71 bits per heavy atom. The highest BCUT2D eigenvalue weighted by atomic mass is 32.2. The fourth-order valence-corrected chi connectivity index (χ4v) is 3.90. The number of ketones is 1. The fraction of sp³-hybridized carbons (Fsp3) is 0.375. The first-order valence-corrected chi connectivity index (χ1v) is 11.4. The molecular formula is C24H29N3O3S. The first-order valence-electron chi connectivity index (χ1n) is 10.4. The Balaban J connectivity index is 1.66. The van der Waals surface area contributed by atoms with Crippen LogP contribution in [-0.4, -0.2) is 33.4 Å². The van der Waals surface area contributed by atoms with Gasteiger partial charge in [0.15, 0.2) is 16.8 Å². The summed E-state index contributed by atoms with van der Waals surface area (Å²) in [5.41, 5.74) is 1.93. The number of hydrogen-bond donors (Lipinski definition) is 0. The smallest absolute Gasteiger partial charge is 0.191 e. The summed E-state index contributed by atoms with van der Waals surface area (Å²) in [4.78, 5) is 12.6. The van der Waals surface area contributed by atoms with Gasteiger partial charge in [-0.3, -0.25) is 4.79 Å². The van der Waals surface area contributed by atoms with Crippen LogP contribution in [-0.2, 0) is 19.6 Å². The highest BCUT2D eigenvalue weighted by Crippen LogP contribution is 2.22. The lowest BCUT2D eigenvalue weighted by atomic mass is 10.1. The van der Waals surface area contributed by atoms with Crippen molar-refractivity contribution < 1.29 is 14.3 Å². The summed E-state index contributed by atoms with van der Waals surface area (Å²) in [6.07, 6.45) is 0.999. The molecule has 6 nitrogen and oxygen atoms in total. The van der Waals surface area contributed by atoms with Crippen LogP contribution in [0.1, 0.15) is 42.5 Å². The molecule has 7 heteroatoms. The normalized spacial score (nSPS) is 11.0. The molecule has 2 aromatic carbocycles. The zero-order chi connectivity index (χ0) is 22.2. The topological polar surface area (TPSA) is 66.2 Å². The summed E-state index contributed by atoms with van der Waals surface area (Å²) in [6, 6.07) is 15.2. The number of hydrogen-bond acceptors (Lipinski definition) is 6. The van der Waals surface area contributed by atoms with Crippen LogP contribution in [0.25, 0.3) is 0 Å². The van der Waals surface area contributed by atoms with Gasteiger partial charge < -0.3 is 14.0 Å². The van der Waals surface area contributed by atoms with Gasteiger partial charge in [-0.25, -0.2) is 0 Å². The van der Waals surface area contributed by atoms with Crippen molar-refractivity contribution >= 4 is 17.5 Å². The van der Waals surface area contributed by atoms with E-state index in [1.165, 1.54) is 17.3 Å². The van der Waals surface area contributed by atoms with E-state index in [2.05, 4.69) is 47.7 Å². The summed E-state index contributed by atoms with van der Waals surface area (Å²) in [5.74, 6) is 3.04. The van der Waals surface area contributed by atoms with Crippen molar-refractivity contribution in [1.82, 2.24) is 14.8 Å². The molecule has 0 saturated heterocycles. The Morgan fingerprint density at radius 3 is 2.32 bits per heavy atom. The quantitative estimate of drug-likeness (QED) is 0.307. The first kappa shape index (κ1) is 22.9. The molecule has 0 atom stereocenters. The zero-order valence-corrected chi connectivity index (χ0v) is 19.3. The maximum atomic E-state index is 12.6. The Bertz CT molecular complexity index is 982. The monoisotopic (exact) mass is 439 g/mol. The third-order valence-electron chi connectivity index (χ3n) is 4.79. The molecule has 3 aromatic rings. The first-order chi connectivity index (χ1) is 15.0. The van der Waals surface area contributed by atoms with Gasteiger partial charge in [-0.15, -0.1) is 10.2 Å². The van der Waals surface area contributed by atoms with Gasteiger partial charge in [0, 0.05) is 12.1 Å². The highest BCUT2D eigenvalue weighted by molar-refractivity contribution is 7.99. The second kappa shape index (κ2) is 11.0. The SMILES string of the molecule is CCc1ccc(OCc2nnc(SCC(=O)c3ccc(OC)cc3)n2CC(C)C)cc1. The molecule has 31 heavy (non-hydrogen) atoms. The standard InChI is InChI=1S/C24H29N3O3S/c1-5-18-6-10-21(11-7-18)30-15-23-25-26-24(27(23)14-17(2)3)31-16-22(28)19-8-12-20(29-4)13-9-19/h6-13,17H,5,14-16H2,1-4H3. The molecule has 0 aliphatic heterocycles. The molecule has 0 aliphatic carbocycles. The van der Waals surface area contributed by atoms with Crippen molar-refractivity contribution in [3.05, 3.63) is 65.5 Å². The summed E-state index contributed by atoms with van der Waals surface area (Å²) in [6.45, 7) is 7.51. The molecule has 3 rings (SSSR count). The largest absolute Gasteiger partial charge is 0.497 e. The van der Waals surface area contributed by atoms with Crippen LogP contribution in [0.15, 0.2) is 53.7 Å². The minimum Gasteiger partial charge on any atom is -0.497 e. The third-order valence-corrected chi connectivity index (χ3v) is 5.75. The number of carbonyl (C=O) groups excluding carboxylic acids is 1. The molecule has 1 aromatic heterocycles. The van der Waals surface area contributed by atoms with Gasteiger partial charge in [0.05, 0.1) is 12.9 Å². The van der Waals surface area contributed by atoms with Gasteiger partial charge in [0.1, 0.15) is 18.1 Å². The Hall–Kier alpha value is -2.80. The molecule has 164 valence electrons. The van der Waals surface area contributed by atoms with E-state index in [0.29, 0.717) is 23.8 Å². The lowest BCUT2D eigenvalue weighted by molar-refractivity contribution is 0.102. The van der Waals surface area contributed by atoms with Crippen LogP contribution in [0.5, 0.6) is 11.5 Å². The number of carbonyl (C=O) groups is 1. The predicted molar refractivity (Wildman–Crippen MR) is 123 cm³/mol. The summed E-state index contributed by atoms with van der Waals surface area (Å²) < 4.78 is 13.1. The number of Topliss-reactive ketones (excluding diaryl/α,β-unsaturated/α-hetero) is 1. The van der Waals surface area contributed by atoms with E-state index < -0.39 is 0 Å². The average molecular weight is 440 g/mol. The lowest BCUT2D eigenvalue weighted by Gasteiger charge is -2.13. The van der Waals surface area contributed by atoms with Gasteiger partial charge in [-0.1, -0.05) is 44.7 Å². The fourth-order valence-electron chi connectivity index (χ4n) is 3.04. The highest BCUT2D eigenvalue weighted by Gasteiger charge is 2.16. The minimum atomic E-state index is 0.0422. The number of aryl methyl sites for hydroxylation is 1. The van der Waals surface area contributed by atoms with E-state index >= 15 is 0 Å². The second-order valence-corrected chi connectivity index (χ2v) is 8.57. The molecule has 0 bridgehead atoms. The van der Waals surface area contributed by atoms with Crippen molar-refractivity contribution in [3.63, 3.8) is 0 Å². The van der Waals surface area contributed by atoms with Crippen molar-refractivity contribution in [2.75, 3.05) is 12.9 Å². The molecule has 0 saturated carbocycles. The van der Waals surface area contributed by atoms with Crippen molar-refractivity contribution in [3.8, 4) is 11.5 Å². The average Bonchev–Trinajstić information content (AvgIpc) is 3.17. The maximum Gasteiger partial charge on any atom is 0.191 e. The molecular weight excluding hydrogens is 410 g/mol. The minimum absolute atomic E-state index is 0.0422. The van der Waals surface area contributed by atoms with Crippen molar-refractivity contribution in [2.24, 2.45) is 5.92 Å². The van der Waals surface area contributed by atoms with Crippen molar-refractivity contribution in [1.29, 1.82) is 0 Å². The lowest BCUT2D eigenvalue weighted by Crippen LogP contribution is -2.13. The molecule has 0 aliphatic rings. The van der Waals surface area contributed by atoms with Crippen molar-refractivity contribution in [2.45, 2.75) is 45.5 Å². The van der Waals surface area contributed by atoms with Crippen LogP contribution in [0, 0.1) is 5.92 Å². The number of methoxy groups -OCH3 is 1. The number of aromatic nitrogens is 3. The Morgan fingerprint density at radius 1 is 1.03 bits per heavy atom. The summed E-state index contributed by atoms with van der Waals surface area (Å²) in [7, 11) is 1.61. The number of benzene rings is 2. The molecule has 0 fully saturated rings. The van der Waals surface area contributed by atoms with Gasteiger partial charge in [0.25, 0.3) is 0 Å². The second-order valence-electron chi connectivity index (χ2n) is 7.63. The number of rotatable bonds is 11. The zero-order valence-electron chi connectivity index (χ0n) is 18.5. The maximum absolute atomic E-state index is 12.6. The molecule has 0 N–H and O–H groups in total. The molecule has 0 spiro atoms. The van der Waals surface area contributed by atoms with Gasteiger partial charge >= 0.3 is 0 Å². The summed E-state index contributed by atoms with van der Waals surface area (Å²) in [5, 5.41) is 9.39. The summed E-state index contributed by atoms with van der Waals surface area (Å²) >= 11 is 1.40. The van der Waals surface area contributed by atoms with Crippen LogP contribution in [0.3, 0.4) is 0 Å². The molecule has 0 amide bonds. The van der Waals surface area contributed by atoms with Crippen LogP contribution in [0.4, 0.5) is 0 Å². The Labute approximate surface area is 188 Å². The van der Waals surface area contributed by atoms with Crippen LogP contribution < -0.4 is 9.47 Å². The van der Waals surface area contributed by atoms with Crippen LogP contribution in [0.2, 0.25) is 0 Å². The van der Waals surface area contributed by atoms with E-state index in [4.69, 9.17) is 9.47 Å². The third kappa shape index (κ3) is 6.34. The van der Waals surface area contributed by atoms with E-state index in [1.807, 2.05) is 12.1 Å². The predicted octanol–water partition coefficient (Wildman–Crippen LogP) is 5.06. The number of ether oxygens (including phenoxy) is 2. The van der Waals surface area contributed by atoms with E-state index in [-0.39, 0.29) is 5.78 Å². The molecule has 0 unspecified atom stereocenters. The van der Waals surface area contributed by atoms with Gasteiger partial charge in [-0.05, 0) is 54.3 Å². The number of nitrogens with zero attached hydrogens (tertiary/aromatic N) is 3. The van der Waals surface area contributed by atoms with E-state index in [1.54, 1.807) is 31.4 Å². The van der Waals surface area contributed by atoms with E-state index in [9.17, 15) is 4.79 Å². The van der Waals surface area contributed by atoms with E-state index in [0.717, 1.165) is 35.4 Å².